The normalized spacial score (nSPS) is 11.6. The summed E-state index contributed by atoms with van der Waals surface area (Å²) >= 11 is 1.36. The summed E-state index contributed by atoms with van der Waals surface area (Å²) < 4.78 is 0. The van der Waals surface area contributed by atoms with Gasteiger partial charge in [0.15, 0.2) is 11.2 Å². The average Bonchev–Trinajstić information content (AvgIpc) is 2.70. The van der Waals surface area contributed by atoms with Crippen LogP contribution in [0.1, 0.15) is 22.9 Å². The number of benzene rings is 2. The summed E-state index contributed by atoms with van der Waals surface area (Å²) in [7, 11) is 0. The molecule has 1 atom stereocenters. The predicted octanol–water partition coefficient (Wildman–Crippen LogP) is 3.86. The van der Waals surface area contributed by atoms with Gasteiger partial charge in [-0.25, -0.2) is 14.8 Å². The predicted molar refractivity (Wildman–Crippen MR) is 103 cm³/mol. The molecule has 0 radical (unpaired) electrons. The van der Waals surface area contributed by atoms with Gasteiger partial charge < -0.3 is 5.11 Å². The lowest BCUT2D eigenvalue weighted by molar-refractivity contribution is -0.138. The smallest absolute Gasteiger partial charge is 0.334 e. The number of carboxylic acids is 1. The molecule has 0 aliphatic carbocycles. The summed E-state index contributed by atoms with van der Waals surface area (Å²) in [6.45, 7) is 0. The molecule has 6 heteroatoms. The number of nitrogens with zero attached hydrogens (tertiary/aromatic N) is 3. The molecule has 0 aliphatic rings. The van der Waals surface area contributed by atoms with E-state index in [2.05, 4.69) is 15.0 Å². The fourth-order valence-electron chi connectivity index (χ4n) is 2.49. The van der Waals surface area contributed by atoms with Crippen molar-refractivity contribution in [1.82, 2.24) is 9.97 Å². The summed E-state index contributed by atoms with van der Waals surface area (Å²) in [4.78, 5) is 24.9. The van der Waals surface area contributed by atoms with Crippen molar-refractivity contribution < 1.29 is 9.90 Å². The lowest BCUT2D eigenvalue weighted by Gasteiger charge is -2.13. The molecule has 1 aromatic heterocycles. The van der Waals surface area contributed by atoms with Crippen LogP contribution >= 0.6 is 11.8 Å². The molecule has 3 rings (SSSR count). The van der Waals surface area contributed by atoms with Crippen LogP contribution in [0, 0.1) is 0 Å². The third kappa shape index (κ3) is 4.15. The monoisotopic (exact) mass is 363 g/mol. The minimum atomic E-state index is -1.11. The Morgan fingerprint density at radius 1 is 1.00 bits per heavy atom. The van der Waals surface area contributed by atoms with E-state index >= 15 is 0 Å². The number of aliphatic imine (C=N–C) groups is 1. The Morgan fingerprint density at radius 2 is 1.58 bits per heavy atom. The van der Waals surface area contributed by atoms with Crippen molar-refractivity contribution in [1.29, 1.82) is 0 Å². The molecule has 2 aromatic carbocycles. The van der Waals surface area contributed by atoms with Crippen molar-refractivity contribution >= 4 is 23.4 Å². The van der Waals surface area contributed by atoms with Crippen LogP contribution in [-0.4, -0.2) is 33.0 Å². The van der Waals surface area contributed by atoms with Crippen LogP contribution in [0.2, 0.25) is 0 Å². The zero-order valence-corrected chi connectivity index (χ0v) is 14.9. The summed E-state index contributed by atoms with van der Waals surface area (Å²) in [6.07, 6.45) is 3.40. The molecule has 0 bridgehead atoms. The molecule has 130 valence electrons. The summed E-state index contributed by atoms with van der Waals surface area (Å²) in [5.74, 6) is -1.06. The number of carbonyl (C=O) groups is 1. The Kier molecular flexibility index (Phi) is 5.76. The first-order chi connectivity index (χ1) is 12.7. The van der Waals surface area contributed by atoms with E-state index in [1.807, 2.05) is 66.9 Å². The van der Waals surface area contributed by atoms with E-state index in [4.69, 9.17) is 0 Å². The van der Waals surface area contributed by atoms with Crippen LogP contribution in [-0.2, 0) is 4.79 Å². The van der Waals surface area contributed by atoms with Crippen molar-refractivity contribution in [3.8, 4) is 0 Å². The quantitative estimate of drug-likeness (QED) is 0.409. The lowest BCUT2D eigenvalue weighted by Crippen LogP contribution is -2.15. The van der Waals surface area contributed by atoms with Crippen LogP contribution in [0.3, 0.4) is 0 Å². The zero-order chi connectivity index (χ0) is 18.4. The molecule has 1 unspecified atom stereocenters. The third-order valence-electron chi connectivity index (χ3n) is 3.70. The molecule has 0 spiro atoms. The van der Waals surface area contributed by atoms with Gasteiger partial charge in [0.25, 0.3) is 0 Å². The summed E-state index contributed by atoms with van der Waals surface area (Å²) in [5.41, 5.74) is 2.68. The second-order valence-electron chi connectivity index (χ2n) is 5.42. The number of carboxylic acid groups (broad SMARTS) is 1. The molecule has 3 aromatic rings. The van der Waals surface area contributed by atoms with Gasteiger partial charge in [-0.3, -0.25) is 4.99 Å². The maximum atomic E-state index is 11.9. The van der Waals surface area contributed by atoms with Gasteiger partial charge in [-0.05, 0) is 12.3 Å². The minimum Gasteiger partial charge on any atom is -0.479 e. The van der Waals surface area contributed by atoms with Gasteiger partial charge in [0.2, 0.25) is 0 Å². The fourth-order valence-corrected chi connectivity index (χ4v) is 2.85. The van der Waals surface area contributed by atoms with Crippen LogP contribution in [0.4, 0.5) is 0 Å². The van der Waals surface area contributed by atoms with Crippen molar-refractivity contribution in [3.63, 3.8) is 0 Å². The van der Waals surface area contributed by atoms with Crippen molar-refractivity contribution in [2.45, 2.75) is 11.2 Å². The Hall–Kier alpha value is -2.99. The second-order valence-corrected chi connectivity index (χ2v) is 6.19. The molecular formula is C20H17N3O2S. The number of aliphatic carboxylic acids is 1. The third-order valence-corrected chi connectivity index (χ3v) is 4.27. The minimum absolute atomic E-state index is 0.362. The van der Waals surface area contributed by atoms with E-state index in [1.54, 1.807) is 12.3 Å². The largest absolute Gasteiger partial charge is 0.479 e. The standard InChI is InChI=1S/C20H17N3O2S/c1-26-20-21-13-12-16(22-20)18(19(24)25)23-17(14-8-4-2-5-9-14)15-10-6-3-7-11-15/h2-13,18H,1H3,(H,24,25). The Bertz CT molecular complexity index is 873. The molecule has 5 nitrogen and oxygen atoms in total. The van der Waals surface area contributed by atoms with Gasteiger partial charge in [-0.15, -0.1) is 0 Å². The molecule has 0 aliphatic heterocycles. The Labute approximate surface area is 155 Å². The second kappa shape index (κ2) is 8.40. The fraction of sp³-hybridized carbons (Fsp3) is 0.100. The summed E-state index contributed by atoms with van der Waals surface area (Å²) in [5, 5.41) is 10.3. The van der Waals surface area contributed by atoms with Gasteiger partial charge in [0.05, 0.1) is 11.4 Å². The number of thioether (sulfide) groups is 1. The molecule has 26 heavy (non-hydrogen) atoms. The first kappa shape index (κ1) is 17.8. The zero-order valence-electron chi connectivity index (χ0n) is 14.1. The first-order valence-electron chi connectivity index (χ1n) is 7.97. The van der Waals surface area contributed by atoms with Crippen molar-refractivity contribution in [2.24, 2.45) is 4.99 Å². The van der Waals surface area contributed by atoms with E-state index < -0.39 is 12.0 Å². The molecule has 0 amide bonds. The number of hydrogen-bond donors (Lipinski definition) is 1. The van der Waals surface area contributed by atoms with E-state index in [0.717, 1.165) is 11.1 Å². The highest BCUT2D eigenvalue weighted by atomic mass is 32.2. The highest BCUT2D eigenvalue weighted by Crippen LogP contribution is 2.21. The van der Waals surface area contributed by atoms with Crippen LogP contribution in [0.5, 0.6) is 0 Å². The van der Waals surface area contributed by atoms with Gasteiger partial charge >= 0.3 is 5.97 Å². The summed E-state index contributed by atoms with van der Waals surface area (Å²) in [6, 6.07) is 19.6. The highest BCUT2D eigenvalue weighted by Gasteiger charge is 2.23. The molecule has 1 N–H and O–H groups in total. The van der Waals surface area contributed by atoms with Gasteiger partial charge in [-0.1, -0.05) is 72.4 Å². The number of rotatable bonds is 6. The Balaban J connectivity index is 2.13. The van der Waals surface area contributed by atoms with E-state index in [-0.39, 0.29) is 0 Å². The van der Waals surface area contributed by atoms with Crippen LogP contribution < -0.4 is 0 Å². The first-order valence-corrected chi connectivity index (χ1v) is 9.20. The van der Waals surface area contributed by atoms with E-state index in [0.29, 0.717) is 16.6 Å². The molecule has 1 heterocycles. The number of hydrogen-bond acceptors (Lipinski definition) is 5. The SMILES string of the molecule is CSc1nccc(C(N=C(c2ccccc2)c2ccccc2)C(=O)O)n1. The van der Waals surface area contributed by atoms with Crippen LogP contribution in [0.25, 0.3) is 0 Å². The van der Waals surface area contributed by atoms with E-state index in [1.165, 1.54) is 11.8 Å². The highest BCUT2D eigenvalue weighted by molar-refractivity contribution is 7.98. The Morgan fingerprint density at radius 3 is 2.08 bits per heavy atom. The maximum absolute atomic E-state index is 11.9. The van der Waals surface area contributed by atoms with Crippen molar-refractivity contribution in [2.75, 3.05) is 6.26 Å². The topological polar surface area (TPSA) is 75.4 Å². The average molecular weight is 363 g/mol. The van der Waals surface area contributed by atoms with E-state index in [9.17, 15) is 9.90 Å². The van der Waals surface area contributed by atoms with Crippen LogP contribution in [0.15, 0.2) is 83.1 Å². The lowest BCUT2D eigenvalue weighted by atomic mass is 10.0. The molecule has 0 saturated carbocycles. The van der Waals surface area contributed by atoms with Gasteiger partial charge in [0.1, 0.15) is 0 Å². The molecule has 0 saturated heterocycles. The van der Waals surface area contributed by atoms with Gasteiger partial charge in [-0.2, -0.15) is 0 Å². The number of aromatic nitrogens is 2. The molecule has 0 fully saturated rings. The van der Waals surface area contributed by atoms with Crippen molar-refractivity contribution in [3.05, 3.63) is 89.7 Å². The molecular weight excluding hydrogens is 346 g/mol. The van der Waals surface area contributed by atoms with Gasteiger partial charge in [0, 0.05) is 17.3 Å². The maximum Gasteiger partial charge on any atom is 0.334 e.